The van der Waals surface area contributed by atoms with E-state index in [2.05, 4.69) is 26.6 Å². The van der Waals surface area contributed by atoms with Crippen molar-refractivity contribution in [2.45, 2.75) is 18.9 Å². The number of carbonyl (C=O) groups is 2. The Morgan fingerprint density at radius 2 is 1.76 bits per heavy atom. The van der Waals surface area contributed by atoms with Gasteiger partial charge in [0.15, 0.2) is 5.78 Å². The molecule has 1 fully saturated rings. The predicted octanol–water partition coefficient (Wildman–Crippen LogP) is 3.58. The van der Waals surface area contributed by atoms with Crippen LogP contribution in [0.3, 0.4) is 0 Å². The van der Waals surface area contributed by atoms with Crippen LogP contribution in [0.15, 0.2) is 53.0 Å². The summed E-state index contributed by atoms with van der Waals surface area (Å²) in [6.45, 7) is 1.58. The second kappa shape index (κ2) is 9.13. The van der Waals surface area contributed by atoms with Crippen LogP contribution in [0.25, 0.3) is 0 Å². The van der Waals surface area contributed by atoms with Gasteiger partial charge in [-0.15, -0.1) is 12.4 Å². The summed E-state index contributed by atoms with van der Waals surface area (Å²) in [4.78, 5) is 25.2. The maximum atomic E-state index is 12.7. The minimum absolute atomic E-state index is 0. The molecule has 0 aliphatic carbocycles. The summed E-state index contributed by atoms with van der Waals surface area (Å²) >= 11 is 3.36. The van der Waals surface area contributed by atoms with Crippen molar-refractivity contribution < 1.29 is 9.59 Å². The van der Waals surface area contributed by atoms with Crippen molar-refractivity contribution in [1.29, 1.82) is 0 Å². The molecule has 1 heterocycles. The van der Waals surface area contributed by atoms with Crippen molar-refractivity contribution in [2.75, 3.05) is 13.1 Å². The van der Waals surface area contributed by atoms with Crippen molar-refractivity contribution in [3.63, 3.8) is 0 Å². The molecule has 2 N–H and O–H groups in total. The standard InChI is InChI=1S/C19H19BrN2O2.ClH/c20-14-9-7-13(8-10-14)18(23)16-5-1-2-6-17(16)19(24)22-12-15-4-3-11-21-15;/h1-2,5-10,15,21H,3-4,11-12H2,(H,22,24);1H. The molecule has 1 atom stereocenters. The average molecular weight is 424 g/mol. The van der Waals surface area contributed by atoms with Crippen LogP contribution in [0.5, 0.6) is 0 Å². The fraction of sp³-hybridized carbons (Fsp3) is 0.263. The van der Waals surface area contributed by atoms with Gasteiger partial charge in [-0.2, -0.15) is 0 Å². The maximum absolute atomic E-state index is 12.7. The van der Waals surface area contributed by atoms with E-state index in [9.17, 15) is 9.59 Å². The SMILES string of the molecule is Cl.O=C(NCC1CCCN1)c1ccccc1C(=O)c1ccc(Br)cc1. The molecule has 4 nitrogen and oxygen atoms in total. The van der Waals surface area contributed by atoms with Crippen molar-refractivity contribution in [2.24, 2.45) is 0 Å². The molecule has 0 radical (unpaired) electrons. The van der Waals surface area contributed by atoms with Crippen molar-refractivity contribution in [3.8, 4) is 0 Å². The minimum atomic E-state index is -0.204. The smallest absolute Gasteiger partial charge is 0.252 e. The molecule has 0 spiro atoms. The van der Waals surface area contributed by atoms with Crippen molar-refractivity contribution in [1.82, 2.24) is 10.6 Å². The number of hydrogen-bond acceptors (Lipinski definition) is 3. The summed E-state index contributed by atoms with van der Waals surface area (Å²) in [5.74, 6) is -0.350. The molecule has 25 heavy (non-hydrogen) atoms. The molecule has 0 aromatic heterocycles. The van der Waals surface area contributed by atoms with Gasteiger partial charge in [0.05, 0.1) is 5.56 Å². The highest BCUT2D eigenvalue weighted by Gasteiger charge is 2.20. The Morgan fingerprint density at radius 1 is 1.08 bits per heavy atom. The first-order valence-electron chi connectivity index (χ1n) is 8.06. The van der Waals surface area contributed by atoms with E-state index in [0.717, 1.165) is 23.9 Å². The van der Waals surface area contributed by atoms with Crippen LogP contribution >= 0.6 is 28.3 Å². The lowest BCUT2D eigenvalue weighted by Gasteiger charge is -2.13. The van der Waals surface area contributed by atoms with Gasteiger partial charge < -0.3 is 10.6 Å². The number of halogens is 2. The summed E-state index contributed by atoms with van der Waals surface area (Å²) in [6, 6.07) is 14.4. The first kappa shape index (κ1) is 19.6. The second-order valence-electron chi connectivity index (χ2n) is 5.88. The Kier molecular flexibility index (Phi) is 7.17. The normalized spacial score (nSPS) is 16.1. The van der Waals surface area contributed by atoms with Crippen LogP contribution in [0.1, 0.15) is 39.1 Å². The van der Waals surface area contributed by atoms with Crippen molar-refractivity contribution >= 4 is 40.0 Å². The second-order valence-corrected chi connectivity index (χ2v) is 6.80. The van der Waals surface area contributed by atoms with Gasteiger partial charge in [-0.3, -0.25) is 9.59 Å². The van der Waals surface area contributed by atoms with E-state index in [1.807, 2.05) is 12.1 Å². The van der Waals surface area contributed by atoms with Gasteiger partial charge in [0.25, 0.3) is 5.91 Å². The minimum Gasteiger partial charge on any atom is -0.350 e. The fourth-order valence-electron chi connectivity index (χ4n) is 2.88. The van der Waals surface area contributed by atoms with E-state index < -0.39 is 0 Å². The summed E-state index contributed by atoms with van der Waals surface area (Å²) in [6.07, 6.45) is 2.21. The highest BCUT2D eigenvalue weighted by Crippen LogP contribution is 2.17. The molecular formula is C19H20BrClN2O2. The van der Waals surface area contributed by atoms with Gasteiger partial charge in [-0.1, -0.05) is 34.1 Å². The van der Waals surface area contributed by atoms with Gasteiger partial charge in [-0.25, -0.2) is 0 Å². The number of ketones is 1. The number of nitrogens with one attached hydrogen (secondary N) is 2. The zero-order valence-electron chi connectivity index (χ0n) is 13.6. The van der Waals surface area contributed by atoms with E-state index in [4.69, 9.17) is 0 Å². The molecule has 1 unspecified atom stereocenters. The molecule has 1 aliphatic heterocycles. The number of rotatable bonds is 5. The molecule has 132 valence electrons. The van der Waals surface area contributed by atoms with Crippen LogP contribution in [0, 0.1) is 0 Å². The van der Waals surface area contributed by atoms with E-state index >= 15 is 0 Å². The zero-order chi connectivity index (χ0) is 16.9. The van der Waals surface area contributed by atoms with Crippen LogP contribution in [0.4, 0.5) is 0 Å². The first-order chi connectivity index (χ1) is 11.6. The molecule has 2 aromatic carbocycles. The molecule has 0 saturated carbocycles. The molecular weight excluding hydrogens is 404 g/mol. The highest BCUT2D eigenvalue weighted by atomic mass is 79.9. The predicted molar refractivity (Wildman–Crippen MR) is 105 cm³/mol. The highest BCUT2D eigenvalue weighted by molar-refractivity contribution is 9.10. The lowest BCUT2D eigenvalue weighted by molar-refractivity contribution is 0.0939. The third-order valence-electron chi connectivity index (χ3n) is 4.19. The van der Waals surface area contributed by atoms with Gasteiger partial charge in [0.2, 0.25) is 0 Å². The Labute approximate surface area is 161 Å². The topological polar surface area (TPSA) is 58.2 Å². The lowest BCUT2D eigenvalue weighted by atomic mass is 9.98. The van der Waals surface area contributed by atoms with Gasteiger partial charge in [0.1, 0.15) is 0 Å². The molecule has 3 rings (SSSR count). The lowest BCUT2D eigenvalue weighted by Crippen LogP contribution is -2.37. The van der Waals surface area contributed by atoms with Gasteiger partial charge >= 0.3 is 0 Å². The first-order valence-corrected chi connectivity index (χ1v) is 8.85. The molecule has 6 heteroatoms. The monoisotopic (exact) mass is 422 g/mol. The van der Waals surface area contributed by atoms with E-state index in [0.29, 0.717) is 29.3 Å². The largest absolute Gasteiger partial charge is 0.350 e. The molecule has 1 amide bonds. The Morgan fingerprint density at radius 3 is 2.40 bits per heavy atom. The summed E-state index contributed by atoms with van der Waals surface area (Å²) < 4.78 is 0.911. The van der Waals surface area contributed by atoms with Crippen molar-refractivity contribution in [3.05, 3.63) is 69.7 Å². The van der Waals surface area contributed by atoms with E-state index in [1.54, 1.807) is 36.4 Å². The maximum Gasteiger partial charge on any atom is 0.252 e. The van der Waals surface area contributed by atoms with Gasteiger partial charge in [0, 0.05) is 28.2 Å². The van der Waals surface area contributed by atoms with Crippen LogP contribution in [-0.2, 0) is 0 Å². The molecule has 1 saturated heterocycles. The Bertz CT molecular complexity index is 743. The quantitative estimate of drug-likeness (QED) is 0.723. The fourth-order valence-corrected chi connectivity index (χ4v) is 3.14. The molecule has 0 bridgehead atoms. The summed E-state index contributed by atoms with van der Waals surface area (Å²) in [5.41, 5.74) is 1.41. The molecule has 2 aromatic rings. The third-order valence-corrected chi connectivity index (χ3v) is 4.72. The number of benzene rings is 2. The number of amides is 1. The number of hydrogen-bond donors (Lipinski definition) is 2. The van der Waals surface area contributed by atoms with Gasteiger partial charge in [-0.05, 0) is 49.7 Å². The zero-order valence-corrected chi connectivity index (χ0v) is 16.0. The molecule has 1 aliphatic rings. The van der Waals surface area contributed by atoms with Crippen LogP contribution in [0.2, 0.25) is 0 Å². The van der Waals surface area contributed by atoms with Crippen LogP contribution in [-0.4, -0.2) is 30.8 Å². The summed E-state index contributed by atoms with van der Waals surface area (Å²) in [5, 5.41) is 6.28. The van der Waals surface area contributed by atoms with Crippen LogP contribution < -0.4 is 10.6 Å². The Balaban J connectivity index is 0.00000225. The van der Waals surface area contributed by atoms with E-state index in [-0.39, 0.29) is 24.1 Å². The third kappa shape index (κ3) is 4.91. The van der Waals surface area contributed by atoms with E-state index in [1.165, 1.54) is 0 Å². The number of carbonyl (C=O) groups excluding carboxylic acids is 2. The average Bonchev–Trinajstić information content (AvgIpc) is 3.13. The summed E-state index contributed by atoms with van der Waals surface area (Å²) in [7, 11) is 0. The Hall–Kier alpha value is -1.69.